The van der Waals surface area contributed by atoms with E-state index in [1.165, 1.54) is 11.0 Å². The first-order valence-electron chi connectivity index (χ1n) is 15.8. The Morgan fingerprint density at radius 3 is 2.35 bits per heavy atom. The number of fused-ring (bicyclic) bond motifs is 2. The number of pyridine rings is 1. The highest BCUT2D eigenvalue weighted by Crippen LogP contribution is 2.50. The summed E-state index contributed by atoms with van der Waals surface area (Å²) < 4.78 is 36.8. The number of aromatic nitrogens is 1. The second-order valence-electron chi connectivity index (χ2n) is 14.3. The lowest BCUT2D eigenvalue weighted by atomic mass is 10.0. The minimum Gasteiger partial charge on any atom is -0.461 e. The standard InChI is InChI=1S/C33H48N3O7PSi2/c1-24-27-10-8-9-11-30(27)43-31(24)21-28(34)29(37)14-12-25-20-26-13-15-32(38)36(33(26)35-22-25)23-42-44(39,40-16-18-45(2,3)4)41-17-19-46(5,6)7/h8-12,14,20,22,28H,13,15-19,21,23,34H2,1-7H3. The van der Waals surface area contributed by atoms with E-state index >= 15 is 0 Å². The number of carbonyl (C=O) groups excluding carboxylic acids is 2. The summed E-state index contributed by atoms with van der Waals surface area (Å²) in [5.74, 6) is 0.695. The van der Waals surface area contributed by atoms with Crippen LogP contribution in [0.3, 0.4) is 0 Å². The van der Waals surface area contributed by atoms with Crippen LogP contribution in [0.1, 0.15) is 28.9 Å². The minimum atomic E-state index is -3.92. The van der Waals surface area contributed by atoms with Crippen molar-refractivity contribution in [2.24, 2.45) is 5.73 Å². The summed E-state index contributed by atoms with van der Waals surface area (Å²) in [6.07, 6.45) is 5.71. The Bertz CT molecular complexity index is 1600. The van der Waals surface area contributed by atoms with E-state index in [1.807, 2.05) is 37.3 Å². The number of ketones is 1. The summed E-state index contributed by atoms with van der Waals surface area (Å²) in [5.41, 5.74) is 9.52. The molecule has 0 aliphatic carbocycles. The van der Waals surface area contributed by atoms with Crippen LogP contribution in [0, 0.1) is 6.92 Å². The van der Waals surface area contributed by atoms with Crippen LogP contribution in [0.4, 0.5) is 5.82 Å². The number of phosphoric ester groups is 1. The molecule has 1 amide bonds. The second-order valence-corrected chi connectivity index (χ2v) is 27.2. The molecule has 3 aromatic rings. The quantitative estimate of drug-likeness (QED) is 0.0932. The second kappa shape index (κ2) is 15.0. The molecule has 1 aromatic carbocycles. The zero-order valence-corrected chi connectivity index (χ0v) is 31.0. The molecule has 10 nitrogen and oxygen atoms in total. The van der Waals surface area contributed by atoms with Gasteiger partial charge in [-0.1, -0.05) is 57.5 Å². The number of rotatable bonds is 16. The molecular weight excluding hydrogens is 638 g/mol. The van der Waals surface area contributed by atoms with Crippen LogP contribution in [-0.4, -0.2) is 58.8 Å². The number of furan rings is 1. The van der Waals surface area contributed by atoms with E-state index in [4.69, 9.17) is 23.7 Å². The lowest BCUT2D eigenvalue weighted by Gasteiger charge is -2.29. The maximum atomic E-state index is 13.6. The predicted molar refractivity (Wildman–Crippen MR) is 188 cm³/mol. The fraction of sp³-hybridized carbons (Fsp3) is 0.485. The molecule has 3 heterocycles. The molecule has 1 aliphatic heterocycles. The van der Waals surface area contributed by atoms with Crippen LogP contribution in [0.25, 0.3) is 17.0 Å². The number of aryl methyl sites for hydroxylation is 2. The Hall–Kier alpha value is -2.71. The van der Waals surface area contributed by atoms with Crippen molar-refractivity contribution in [2.75, 3.05) is 24.8 Å². The van der Waals surface area contributed by atoms with Crippen molar-refractivity contribution in [3.63, 3.8) is 0 Å². The summed E-state index contributed by atoms with van der Waals surface area (Å²) in [6, 6.07) is 10.5. The average molecular weight is 686 g/mol. The van der Waals surface area contributed by atoms with Gasteiger partial charge in [-0.3, -0.25) is 28.1 Å². The van der Waals surface area contributed by atoms with Crippen LogP contribution in [0.15, 0.2) is 47.0 Å². The van der Waals surface area contributed by atoms with E-state index < -0.39 is 30.0 Å². The SMILES string of the molecule is Cc1c(CC(N)C(=O)C=Cc2cnc3c(c2)CCC(=O)N3COP(=O)(OCC[Si](C)(C)C)OCC[Si](C)(C)C)oc2ccccc12. The molecular formula is C33H48N3O7PSi2. The van der Waals surface area contributed by atoms with Gasteiger partial charge in [-0.2, -0.15) is 0 Å². The van der Waals surface area contributed by atoms with Crippen LogP contribution >= 0.6 is 7.82 Å². The molecule has 1 atom stereocenters. The molecule has 46 heavy (non-hydrogen) atoms. The van der Waals surface area contributed by atoms with Crippen LogP contribution < -0.4 is 10.6 Å². The van der Waals surface area contributed by atoms with Gasteiger partial charge in [0.15, 0.2) is 5.78 Å². The first-order chi connectivity index (χ1) is 21.5. The first kappa shape index (κ1) is 36.1. The van der Waals surface area contributed by atoms with E-state index in [2.05, 4.69) is 44.3 Å². The maximum absolute atomic E-state index is 13.6. The molecule has 0 spiro atoms. The van der Waals surface area contributed by atoms with Gasteiger partial charge in [-0.05, 0) is 66.4 Å². The van der Waals surface area contributed by atoms with Gasteiger partial charge < -0.3 is 10.2 Å². The molecule has 0 saturated carbocycles. The van der Waals surface area contributed by atoms with Gasteiger partial charge in [0.2, 0.25) is 5.91 Å². The Morgan fingerprint density at radius 2 is 1.72 bits per heavy atom. The number of anilines is 1. The van der Waals surface area contributed by atoms with E-state index in [0.29, 0.717) is 23.6 Å². The fourth-order valence-electron chi connectivity index (χ4n) is 4.86. The van der Waals surface area contributed by atoms with Crippen molar-refractivity contribution in [2.45, 2.75) is 83.6 Å². The van der Waals surface area contributed by atoms with E-state index in [9.17, 15) is 14.2 Å². The number of hydrogen-bond donors (Lipinski definition) is 1. The lowest BCUT2D eigenvalue weighted by Crippen LogP contribution is -2.37. The van der Waals surface area contributed by atoms with E-state index in [-0.39, 0.29) is 44.5 Å². The molecule has 1 unspecified atom stereocenters. The third kappa shape index (κ3) is 10.1. The molecule has 0 bridgehead atoms. The average Bonchev–Trinajstić information content (AvgIpc) is 3.28. The number of carbonyl (C=O) groups is 2. The number of hydrogen-bond acceptors (Lipinski definition) is 9. The first-order valence-corrected chi connectivity index (χ1v) is 24.7. The number of benzene rings is 1. The third-order valence-electron chi connectivity index (χ3n) is 7.83. The van der Waals surface area contributed by atoms with Crippen molar-refractivity contribution < 1.29 is 32.1 Å². The normalized spacial score (nSPS) is 15.1. The van der Waals surface area contributed by atoms with Gasteiger partial charge in [0.05, 0.1) is 19.3 Å². The van der Waals surface area contributed by atoms with Crippen LogP contribution in [0.5, 0.6) is 0 Å². The molecule has 1 aliphatic rings. The fourth-order valence-corrected chi connectivity index (χ4v) is 7.74. The molecule has 0 fully saturated rings. The summed E-state index contributed by atoms with van der Waals surface area (Å²) in [7, 11) is -6.81. The third-order valence-corrected chi connectivity index (χ3v) is 12.7. The van der Waals surface area contributed by atoms with Crippen molar-refractivity contribution >= 4 is 58.5 Å². The monoisotopic (exact) mass is 685 g/mol. The Balaban J connectivity index is 1.41. The Morgan fingerprint density at radius 1 is 1.07 bits per heavy atom. The van der Waals surface area contributed by atoms with Crippen LogP contribution in [0.2, 0.25) is 51.4 Å². The van der Waals surface area contributed by atoms with E-state index in [0.717, 1.165) is 34.2 Å². The zero-order chi connectivity index (χ0) is 33.7. The summed E-state index contributed by atoms with van der Waals surface area (Å²) in [6.45, 7) is 15.4. The number of para-hydroxylation sites is 1. The van der Waals surface area contributed by atoms with Gasteiger partial charge in [-0.15, -0.1) is 0 Å². The summed E-state index contributed by atoms with van der Waals surface area (Å²) in [4.78, 5) is 31.7. The molecule has 0 saturated heterocycles. The minimum absolute atomic E-state index is 0.193. The molecule has 250 valence electrons. The van der Waals surface area contributed by atoms with Gasteiger partial charge in [0, 0.05) is 40.6 Å². The van der Waals surface area contributed by atoms with Crippen molar-refractivity contribution in [1.82, 2.24) is 4.98 Å². The highest BCUT2D eigenvalue weighted by atomic mass is 31.2. The van der Waals surface area contributed by atoms with Crippen LogP contribution in [-0.2, 0) is 40.6 Å². The molecule has 2 N–H and O–H groups in total. The summed E-state index contributed by atoms with van der Waals surface area (Å²) in [5, 5.41) is 1.01. The Kier molecular flexibility index (Phi) is 11.8. The number of amides is 1. The van der Waals surface area contributed by atoms with Crippen molar-refractivity contribution in [3.05, 3.63) is 65.1 Å². The Labute approximate surface area is 274 Å². The topological polar surface area (TPSA) is 134 Å². The predicted octanol–water partition coefficient (Wildman–Crippen LogP) is 7.36. The van der Waals surface area contributed by atoms with Crippen molar-refractivity contribution in [1.29, 1.82) is 0 Å². The number of nitrogens with two attached hydrogens (primary N) is 1. The van der Waals surface area contributed by atoms with Gasteiger partial charge >= 0.3 is 7.82 Å². The van der Waals surface area contributed by atoms with Gasteiger partial charge in [-0.25, -0.2) is 9.55 Å². The highest BCUT2D eigenvalue weighted by Gasteiger charge is 2.33. The molecule has 2 aromatic heterocycles. The van der Waals surface area contributed by atoms with Crippen molar-refractivity contribution in [3.8, 4) is 0 Å². The molecule has 4 rings (SSSR count). The largest absolute Gasteiger partial charge is 0.476 e. The molecule has 0 radical (unpaired) electrons. The molecule has 13 heteroatoms. The smallest absolute Gasteiger partial charge is 0.461 e. The summed E-state index contributed by atoms with van der Waals surface area (Å²) >= 11 is 0. The van der Waals surface area contributed by atoms with Gasteiger partial charge in [0.1, 0.15) is 23.9 Å². The van der Waals surface area contributed by atoms with Gasteiger partial charge in [0.25, 0.3) is 0 Å². The maximum Gasteiger partial charge on any atom is 0.476 e. The van der Waals surface area contributed by atoms with E-state index in [1.54, 1.807) is 12.3 Å². The number of nitrogens with zero attached hydrogens (tertiary/aromatic N) is 2. The lowest BCUT2D eigenvalue weighted by molar-refractivity contribution is -0.119. The zero-order valence-electron chi connectivity index (χ0n) is 28.1. The highest BCUT2D eigenvalue weighted by molar-refractivity contribution is 7.48. The number of phosphoric acid groups is 1.